The number of hydrogen-bond acceptors (Lipinski definition) is 3. The van der Waals surface area contributed by atoms with Crippen LogP contribution in [0.25, 0.3) is 0 Å². The van der Waals surface area contributed by atoms with Gasteiger partial charge in [0.15, 0.2) is 0 Å². The van der Waals surface area contributed by atoms with E-state index in [4.69, 9.17) is 0 Å². The van der Waals surface area contributed by atoms with E-state index in [9.17, 15) is 14.4 Å². The molecular formula is C22H25N3O3. The third-order valence-corrected chi connectivity index (χ3v) is 4.71. The molecule has 6 nitrogen and oxygen atoms in total. The van der Waals surface area contributed by atoms with Crippen LogP contribution in [0.5, 0.6) is 0 Å². The fraction of sp³-hybridized carbons (Fsp3) is 0.318. The minimum absolute atomic E-state index is 0.0158. The Balaban J connectivity index is 1.57. The first-order chi connectivity index (χ1) is 13.3. The Kier molecular flexibility index (Phi) is 5.49. The summed E-state index contributed by atoms with van der Waals surface area (Å²) < 4.78 is 0. The molecule has 0 unspecified atom stereocenters. The lowest BCUT2D eigenvalue weighted by atomic mass is 9.87. The molecule has 0 aliphatic carbocycles. The first-order valence-corrected chi connectivity index (χ1v) is 9.34. The van der Waals surface area contributed by atoms with Crippen LogP contribution < -0.4 is 15.5 Å². The predicted octanol–water partition coefficient (Wildman–Crippen LogP) is 3.09. The summed E-state index contributed by atoms with van der Waals surface area (Å²) in [5.41, 5.74) is 3.04. The average molecular weight is 379 g/mol. The lowest BCUT2D eigenvalue weighted by Crippen LogP contribution is -2.43. The molecule has 146 valence electrons. The van der Waals surface area contributed by atoms with Gasteiger partial charge in [0, 0.05) is 18.5 Å². The lowest BCUT2D eigenvalue weighted by Gasteiger charge is -2.29. The van der Waals surface area contributed by atoms with Gasteiger partial charge in [-0.2, -0.15) is 0 Å². The van der Waals surface area contributed by atoms with Crippen molar-refractivity contribution in [3.63, 3.8) is 0 Å². The van der Waals surface area contributed by atoms with E-state index in [2.05, 4.69) is 31.4 Å². The van der Waals surface area contributed by atoms with Gasteiger partial charge >= 0.3 is 0 Å². The average Bonchev–Trinajstić information content (AvgIpc) is 2.66. The van der Waals surface area contributed by atoms with Crippen LogP contribution >= 0.6 is 0 Å². The predicted molar refractivity (Wildman–Crippen MR) is 110 cm³/mol. The zero-order valence-corrected chi connectivity index (χ0v) is 16.4. The second kappa shape index (κ2) is 7.84. The van der Waals surface area contributed by atoms with Crippen molar-refractivity contribution in [2.75, 3.05) is 23.3 Å². The van der Waals surface area contributed by atoms with Crippen LogP contribution in [0.15, 0.2) is 48.5 Å². The number of hydrogen-bond donors (Lipinski definition) is 2. The van der Waals surface area contributed by atoms with Crippen LogP contribution in [0.3, 0.4) is 0 Å². The molecule has 1 aliphatic heterocycles. The van der Waals surface area contributed by atoms with E-state index in [0.717, 1.165) is 5.56 Å². The van der Waals surface area contributed by atoms with Crippen molar-refractivity contribution in [3.05, 3.63) is 59.7 Å². The lowest BCUT2D eigenvalue weighted by molar-refractivity contribution is -0.121. The quantitative estimate of drug-likeness (QED) is 0.857. The Morgan fingerprint density at radius 1 is 1.07 bits per heavy atom. The molecular weight excluding hydrogens is 354 g/mol. The van der Waals surface area contributed by atoms with E-state index in [1.165, 1.54) is 4.90 Å². The minimum Gasteiger partial charge on any atom is -0.352 e. The molecule has 0 bridgehead atoms. The number of fused-ring (bicyclic) bond motifs is 1. The molecule has 0 aromatic heterocycles. The standard InChI is InChI=1S/C22H25N3O3/c1-22(2,3)16-10-8-15(9-11-16)21(28)23-13-12-20(27)25-14-19(26)24-17-6-4-5-7-18(17)25/h4-11H,12-14H2,1-3H3,(H,23,28)(H,24,26). The van der Waals surface area contributed by atoms with Gasteiger partial charge in [-0.3, -0.25) is 14.4 Å². The van der Waals surface area contributed by atoms with Crippen molar-refractivity contribution in [3.8, 4) is 0 Å². The molecule has 0 atom stereocenters. The van der Waals surface area contributed by atoms with Crippen molar-refractivity contribution in [1.29, 1.82) is 0 Å². The van der Waals surface area contributed by atoms with E-state index in [-0.39, 0.29) is 42.6 Å². The van der Waals surface area contributed by atoms with E-state index in [0.29, 0.717) is 16.9 Å². The highest BCUT2D eigenvalue weighted by Gasteiger charge is 2.26. The number of benzene rings is 2. The maximum atomic E-state index is 12.6. The van der Waals surface area contributed by atoms with Gasteiger partial charge < -0.3 is 15.5 Å². The van der Waals surface area contributed by atoms with Crippen LogP contribution in [0.2, 0.25) is 0 Å². The number of anilines is 2. The van der Waals surface area contributed by atoms with Gasteiger partial charge in [0.25, 0.3) is 5.91 Å². The second-order valence-corrected chi connectivity index (χ2v) is 7.88. The maximum absolute atomic E-state index is 12.6. The SMILES string of the molecule is CC(C)(C)c1ccc(C(=O)NCCC(=O)N2CC(=O)Nc3ccccc32)cc1. The van der Waals surface area contributed by atoms with Gasteiger partial charge in [-0.1, -0.05) is 45.0 Å². The van der Waals surface area contributed by atoms with Crippen LogP contribution in [0, 0.1) is 0 Å². The highest BCUT2D eigenvalue weighted by molar-refractivity contribution is 6.10. The Hall–Kier alpha value is -3.15. The second-order valence-electron chi connectivity index (χ2n) is 7.88. The first kappa shape index (κ1) is 19.6. The third-order valence-electron chi connectivity index (χ3n) is 4.71. The number of nitrogens with one attached hydrogen (secondary N) is 2. The van der Waals surface area contributed by atoms with Crippen molar-refractivity contribution >= 4 is 29.1 Å². The Labute approximate surface area is 164 Å². The van der Waals surface area contributed by atoms with E-state index >= 15 is 0 Å². The molecule has 3 rings (SSSR count). The van der Waals surface area contributed by atoms with Crippen molar-refractivity contribution in [1.82, 2.24) is 5.32 Å². The van der Waals surface area contributed by atoms with E-state index in [1.54, 1.807) is 30.3 Å². The molecule has 2 aromatic carbocycles. The fourth-order valence-corrected chi connectivity index (χ4v) is 3.10. The number of para-hydroxylation sites is 2. The maximum Gasteiger partial charge on any atom is 0.251 e. The summed E-state index contributed by atoms with van der Waals surface area (Å²) in [5, 5.41) is 5.53. The largest absolute Gasteiger partial charge is 0.352 e. The molecule has 6 heteroatoms. The summed E-state index contributed by atoms with van der Waals surface area (Å²) in [6.07, 6.45) is 0.118. The number of nitrogens with zero attached hydrogens (tertiary/aromatic N) is 1. The molecule has 2 aromatic rings. The van der Waals surface area contributed by atoms with Gasteiger partial charge in [-0.15, -0.1) is 0 Å². The molecule has 2 N–H and O–H groups in total. The van der Waals surface area contributed by atoms with Crippen LogP contribution in [0.4, 0.5) is 11.4 Å². The fourth-order valence-electron chi connectivity index (χ4n) is 3.10. The summed E-state index contributed by atoms with van der Waals surface area (Å²) in [5.74, 6) is -0.647. The Morgan fingerprint density at radius 2 is 1.75 bits per heavy atom. The van der Waals surface area contributed by atoms with Crippen LogP contribution in [-0.2, 0) is 15.0 Å². The highest BCUT2D eigenvalue weighted by Crippen LogP contribution is 2.29. The van der Waals surface area contributed by atoms with Gasteiger partial charge in [0.2, 0.25) is 11.8 Å². The molecule has 1 heterocycles. The third kappa shape index (κ3) is 4.39. The molecule has 1 aliphatic rings. The smallest absolute Gasteiger partial charge is 0.251 e. The topological polar surface area (TPSA) is 78.5 Å². The summed E-state index contributed by atoms with van der Waals surface area (Å²) in [4.78, 5) is 38.2. The number of amides is 3. The van der Waals surface area contributed by atoms with Crippen molar-refractivity contribution in [2.24, 2.45) is 0 Å². The van der Waals surface area contributed by atoms with E-state index in [1.807, 2.05) is 18.2 Å². The first-order valence-electron chi connectivity index (χ1n) is 9.34. The monoisotopic (exact) mass is 379 g/mol. The molecule has 0 saturated carbocycles. The van der Waals surface area contributed by atoms with Gasteiger partial charge in [-0.05, 0) is 35.2 Å². The van der Waals surface area contributed by atoms with Crippen LogP contribution in [-0.4, -0.2) is 30.8 Å². The number of carbonyl (C=O) groups excluding carboxylic acids is 3. The van der Waals surface area contributed by atoms with Gasteiger partial charge in [0.1, 0.15) is 6.54 Å². The van der Waals surface area contributed by atoms with Crippen LogP contribution in [0.1, 0.15) is 43.1 Å². The van der Waals surface area contributed by atoms with Crippen molar-refractivity contribution in [2.45, 2.75) is 32.6 Å². The zero-order valence-electron chi connectivity index (χ0n) is 16.4. The highest BCUT2D eigenvalue weighted by atomic mass is 16.2. The zero-order chi connectivity index (χ0) is 20.3. The molecule has 0 spiro atoms. The Bertz CT molecular complexity index is 898. The molecule has 0 saturated heterocycles. The summed E-state index contributed by atoms with van der Waals surface area (Å²) in [6.45, 7) is 6.54. The van der Waals surface area contributed by atoms with Crippen molar-refractivity contribution < 1.29 is 14.4 Å². The molecule has 0 radical (unpaired) electrons. The van der Waals surface area contributed by atoms with Gasteiger partial charge in [-0.25, -0.2) is 0 Å². The minimum atomic E-state index is -0.227. The Morgan fingerprint density at radius 3 is 2.43 bits per heavy atom. The molecule has 3 amide bonds. The summed E-state index contributed by atoms with van der Waals surface area (Å²) in [6, 6.07) is 14.7. The van der Waals surface area contributed by atoms with E-state index < -0.39 is 0 Å². The van der Waals surface area contributed by atoms with Gasteiger partial charge in [0.05, 0.1) is 11.4 Å². The normalized spacial score (nSPS) is 13.5. The summed E-state index contributed by atoms with van der Waals surface area (Å²) >= 11 is 0. The molecule has 0 fully saturated rings. The summed E-state index contributed by atoms with van der Waals surface area (Å²) in [7, 11) is 0. The number of carbonyl (C=O) groups is 3. The number of rotatable bonds is 4. The molecule has 28 heavy (non-hydrogen) atoms.